The lowest BCUT2D eigenvalue weighted by molar-refractivity contribution is -0.131. The number of piperidine rings is 1. The SMILES string of the molecule is COc1ccc(-c2nnc(SCC(=O)N3CCCC[C@H]3C)n2-c2ccccc2)cc1. The van der Waals surface area contributed by atoms with E-state index in [1.165, 1.54) is 18.2 Å². The maximum absolute atomic E-state index is 12.8. The molecule has 0 saturated carbocycles. The first-order valence-electron chi connectivity index (χ1n) is 10.2. The Morgan fingerprint density at radius 3 is 2.57 bits per heavy atom. The van der Waals surface area contributed by atoms with Gasteiger partial charge in [-0.25, -0.2) is 0 Å². The Hall–Kier alpha value is -2.80. The highest BCUT2D eigenvalue weighted by Gasteiger charge is 2.24. The number of ether oxygens (including phenoxy) is 1. The monoisotopic (exact) mass is 422 g/mol. The molecule has 1 atom stereocenters. The number of carbonyl (C=O) groups is 1. The first-order valence-corrected chi connectivity index (χ1v) is 11.2. The number of amides is 1. The van der Waals surface area contributed by atoms with E-state index in [1.807, 2.05) is 64.1 Å². The third kappa shape index (κ3) is 4.36. The van der Waals surface area contributed by atoms with Crippen molar-refractivity contribution in [3.63, 3.8) is 0 Å². The molecule has 1 saturated heterocycles. The van der Waals surface area contributed by atoms with Gasteiger partial charge in [0.2, 0.25) is 5.91 Å². The molecule has 1 aliphatic rings. The van der Waals surface area contributed by atoms with Crippen molar-refractivity contribution in [3.8, 4) is 22.8 Å². The van der Waals surface area contributed by atoms with Crippen LogP contribution < -0.4 is 4.74 Å². The second kappa shape index (κ2) is 9.34. The Kier molecular flexibility index (Phi) is 6.38. The van der Waals surface area contributed by atoms with Gasteiger partial charge in [-0.1, -0.05) is 30.0 Å². The molecule has 1 aliphatic heterocycles. The Morgan fingerprint density at radius 2 is 1.87 bits per heavy atom. The van der Waals surface area contributed by atoms with Gasteiger partial charge in [0, 0.05) is 23.8 Å². The van der Waals surface area contributed by atoms with Crippen LogP contribution in [0, 0.1) is 0 Å². The molecule has 2 aromatic carbocycles. The second-order valence-electron chi connectivity index (χ2n) is 7.43. The van der Waals surface area contributed by atoms with Gasteiger partial charge in [0.05, 0.1) is 12.9 Å². The summed E-state index contributed by atoms with van der Waals surface area (Å²) >= 11 is 1.44. The topological polar surface area (TPSA) is 60.3 Å². The van der Waals surface area contributed by atoms with Crippen molar-refractivity contribution in [1.29, 1.82) is 0 Å². The fourth-order valence-corrected chi connectivity index (χ4v) is 4.62. The van der Waals surface area contributed by atoms with Crippen molar-refractivity contribution in [1.82, 2.24) is 19.7 Å². The summed E-state index contributed by atoms with van der Waals surface area (Å²) in [6, 6.07) is 18.1. The fourth-order valence-electron chi connectivity index (χ4n) is 3.78. The van der Waals surface area contributed by atoms with Crippen molar-refractivity contribution in [3.05, 3.63) is 54.6 Å². The van der Waals surface area contributed by atoms with Gasteiger partial charge in [-0.2, -0.15) is 0 Å². The molecule has 0 aliphatic carbocycles. The first kappa shape index (κ1) is 20.5. The van der Waals surface area contributed by atoms with E-state index in [9.17, 15) is 4.79 Å². The van der Waals surface area contributed by atoms with Crippen molar-refractivity contribution in [2.45, 2.75) is 37.4 Å². The van der Waals surface area contributed by atoms with Crippen molar-refractivity contribution in [2.75, 3.05) is 19.4 Å². The average Bonchev–Trinajstić information content (AvgIpc) is 3.22. The summed E-state index contributed by atoms with van der Waals surface area (Å²) in [4.78, 5) is 14.8. The number of benzene rings is 2. The van der Waals surface area contributed by atoms with Crippen LogP contribution in [-0.2, 0) is 4.79 Å². The number of para-hydroxylation sites is 1. The van der Waals surface area contributed by atoms with E-state index in [2.05, 4.69) is 17.1 Å². The zero-order valence-corrected chi connectivity index (χ0v) is 18.1. The van der Waals surface area contributed by atoms with Gasteiger partial charge in [-0.15, -0.1) is 10.2 Å². The van der Waals surface area contributed by atoms with Crippen LogP contribution in [0.3, 0.4) is 0 Å². The van der Waals surface area contributed by atoms with Crippen molar-refractivity contribution < 1.29 is 9.53 Å². The Morgan fingerprint density at radius 1 is 1.10 bits per heavy atom. The Bertz CT molecular complexity index is 988. The van der Waals surface area contributed by atoms with E-state index >= 15 is 0 Å². The summed E-state index contributed by atoms with van der Waals surface area (Å²) in [5, 5.41) is 9.58. The molecule has 7 heteroatoms. The number of likely N-dealkylation sites (tertiary alicyclic amines) is 1. The fraction of sp³-hybridized carbons (Fsp3) is 0.348. The van der Waals surface area contributed by atoms with Crippen molar-refractivity contribution in [2.24, 2.45) is 0 Å². The molecular formula is C23H26N4O2S. The second-order valence-corrected chi connectivity index (χ2v) is 8.37. The van der Waals surface area contributed by atoms with E-state index in [1.54, 1.807) is 7.11 Å². The van der Waals surface area contributed by atoms with Crippen LogP contribution >= 0.6 is 11.8 Å². The molecular weight excluding hydrogens is 396 g/mol. The lowest BCUT2D eigenvalue weighted by Crippen LogP contribution is -2.42. The maximum atomic E-state index is 12.8. The zero-order valence-electron chi connectivity index (χ0n) is 17.3. The quantitative estimate of drug-likeness (QED) is 0.550. The van der Waals surface area contributed by atoms with E-state index in [4.69, 9.17) is 4.74 Å². The van der Waals surface area contributed by atoms with E-state index < -0.39 is 0 Å². The molecule has 30 heavy (non-hydrogen) atoms. The third-order valence-corrected chi connectivity index (χ3v) is 6.36. The molecule has 1 aromatic heterocycles. The normalized spacial score (nSPS) is 16.5. The molecule has 0 unspecified atom stereocenters. The average molecular weight is 423 g/mol. The van der Waals surface area contributed by atoms with Gasteiger partial charge in [0.1, 0.15) is 5.75 Å². The third-order valence-electron chi connectivity index (χ3n) is 5.44. The molecule has 2 heterocycles. The van der Waals surface area contributed by atoms with E-state index in [0.29, 0.717) is 17.0 Å². The largest absolute Gasteiger partial charge is 0.497 e. The van der Waals surface area contributed by atoms with Gasteiger partial charge in [0.25, 0.3) is 0 Å². The molecule has 4 rings (SSSR count). The van der Waals surface area contributed by atoms with Crippen LogP contribution in [0.5, 0.6) is 5.75 Å². The minimum Gasteiger partial charge on any atom is -0.497 e. The molecule has 156 valence electrons. The number of thioether (sulfide) groups is 1. The number of nitrogens with zero attached hydrogens (tertiary/aromatic N) is 4. The molecule has 6 nitrogen and oxygen atoms in total. The standard InChI is InChI=1S/C23H26N4O2S/c1-17-8-6-7-15-26(17)21(28)16-30-23-25-24-22(18-11-13-20(29-2)14-12-18)27(23)19-9-4-3-5-10-19/h3-5,9-14,17H,6-8,15-16H2,1-2H3/t17-/m1/s1. The van der Waals surface area contributed by atoms with Crippen LogP contribution in [0.25, 0.3) is 17.1 Å². The Balaban J connectivity index is 1.61. The summed E-state index contributed by atoms with van der Waals surface area (Å²) in [6.07, 6.45) is 3.37. The number of hydrogen-bond acceptors (Lipinski definition) is 5. The summed E-state index contributed by atoms with van der Waals surface area (Å²) < 4.78 is 7.28. The highest BCUT2D eigenvalue weighted by atomic mass is 32.2. The maximum Gasteiger partial charge on any atom is 0.233 e. The molecule has 0 spiro atoms. The highest BCUT2D eigenvalue weighted by Crippen LogP contribution is 2.29. The van der Waals surface area contributed by atoms with Crippen LogP contribution in [0.4, 0.5) is 0 Å². The van der Waals surface area contributed by atoms with Crippen LogP contribution in [0.15, 0.2) is 59.8 Å². The molecule has 0 radical (unpaired) electrons. The van der Waals surface area contributed by atoms with Gasteiger partial charge in [-0.3, -0.25) is 9.36 Å². The zero-order chi connectivity index (χ0) is 20.9. The van der Waals surface area contributed by atoms with Gasteiger partial charge < -0.3 is 9.64 Å². The number of carbonyl (C=O) groups excluding carboxylic acids is 1. The van der Waals surface area contributed by atoms with Gasteiger partial charge in [-0.05, 0) is 62.6 Å². The highest BCUT2D eigenvalue weighted by molar-refractivity contribution is 7.99. The lowest BCUT2D eigenvalue weighted by Gasteiger charge is -2.33. The number of rotatable bonds is 6. The molecule has 1 amide bonds. The van der Waals surface area contributed by atoms with Crippen LogP contribution in [-0.4, -0.2) is 51.0 Å². The predicted molar refractivity (Wildman–Crippen MR) is 119 cm³/mol. The van der Waals surface area contributed by atoms with E-state index in [0.717, 1.165) is 42.2 Å². The minimum absolute atomic E-state index is 0.167. The molecule has 1 fully saturated rings. The number of aromatic nitrogens is 3. The smallest absolute Gasteiger partial charge is 0.233 e. The summed E-state index contributed by atoms with van der Waals surface area (Å²) in [5.74, 6) is 2.06. The van der Waals surface area contributed by atoms with Gasteiger partial charge >= 0.3 is 0 Å². The van der Waals surface area contributed by atoms with Gasteiger partial charge in [0.15, 0.2) is 11.0 Å². The number of hydrogen-bond donors (Lipinski definition) is 0. The summed E-state index contributed by atoms with van der Waals surface area (Å²) in [7, 11) is 1.65. The first-order chi connectivity index (χ1) is 14.7. The van der Waals surface area contributed by atoms with E-state index in [-0.39, 0.29) is 5.91 Å². The van der Waals surface area contributed by atoms with Crippen LogP contribution in [0.1, 0.15) is 26.2 Å². The predicted octanol–water partition coefficient (Wildman–Crippen LogP) is 4.44. The summed E-state index contributed by atoms with van der Waals surface area (Å²) in [5.41, 5.74) is 1.91. The lowest BCUT2D eigenvalue weighted by atomic mass is 10.0. The molecule has 0 bridgehead atoms. The molecule has 0 N–H and O–H groups in total. The molecule has 3 aromatic rings. The van der Waals surface area contributed by atoms with Crippen LogP contribution in [0.2, 0.25) is 0 Å². The summed E-state index contributed by atoms with van der Waals surface area (Å²) in [6.45, 7) is 2.99. The minimum atomic E-state index is 0.167. The number of methoxy groups -OCH3 is 1. The van der Waals surface area contributed by atoms with Crippen molar-refractivity contribution >= 4 is 17.7 Å². The Labute approximate surface area is 181 Å².